The number of rotatable bonds is 2. The van der Waals surface area contributed by atoms with Crippen LogP contribution in [0.1, 0.15) is 19.5 Å². The van der Waals surface area contributed by atoms with Crippen molar-refractivity contribution >= 4 is 45.5 Å². The van der Waals surface area contributed by atoms with Gasteiger partial charge in [-0.2, -0.15) is 13.2 Å². The van der Waals surface area contributed by atoms with Crippen LogP contribution in [-0.2, 0) is 12.1 Å². The van der Waals surface area contributed by atoms with Gasteiger partial charge in [0.05, 0.1) is 28.2 Å². The number of fused-ring (bicyclic) bond motifs is 4. The number of urea groups is 1. The molecule has 4 N–H and O–H groups in total. The van der Waals surface area contributed by atoms with Gasteiger partial charge in [0.2, 0.25) is 0 Å². The molecule has 178 valence electrons. The van der Waals surface area contributed by atoms with E-state index in [4.69, 9.17) is 17.3 Å². The van der Waals surface area contributed by atoms with Crippen LogP contribution < -0.4 is 11.1 Å². The lowest BCUT2D eigenvalue weighted by Crippen LogP contribution is -2.53. The fraction of sp³-hybridized carbons (Fsp3) is 0.333. The number of nitrogens with two attached hydrogens (primary N) is 1. The van der Waals surface area contributed by atoms with E-state index in [1.54, 1.807) is 12.3 Å². The van der Waals surface area contributed by atoms with Crippen molar-refractivity contribution < 1.29 is 18.0 Å². The molecule has 0 unspecified atom stereocenters. The number of carbonyl (C=O) groups is 1. The number of nitrogen functional groups attached to an aromatic ring is 1. The smallest absolute Gasteiger partial charge is 0.383 e. The van der Waals surface area contributed by atoms with Crippen molar-refractivity contribution in [2.24, 2.45) is 0 Å². The van der Waals surface area contributed by atoms with E-state index in [0.29, 0.717) is 44.0 Å². The third kappa shape index (κ3) is 3.49. The summed E-state index contributed by atoms with van der Waals surface area (Å²) in [6.45, 7) is 2.48. The highest BCUT2D eigenvalue weighted by molar-refractivity contribution is 6.38. The van der Waals surface area contributed by atoms with Crippen molar-refractivity contribution in [3.05, 3.63) is 35.4 Å². The Labute approximate surface area is 196 Å². The van der Waals surface area contributed by atoms with E-state index in [0.717, 1.165) is 0 Å². The zero-order valence-corrected chi connectivity index (χ0v) is 18.9. The number of pyridine rings is 1. The number of amides is 2. The van der Waals surface area contributed by atoms with E-state index in [1.807, 2.05) is 29.8 Å². The van der Waals surface area contributed by atoms with Crippen molar-refractivity contribution in [1.29, 1.82) is 0 Å². The summed E-state index contributed by atoms with van der Waals surface area (Å²) >= 11 is 6.73. The largest absolute Gasteiger partial charge is 0.405 e. The molecule has 0 bridgehead atoms. The molecule has 13 heteroatoms. The Hall–Kier alpha value is -3.54. The molecule has 0 aliphatic carbocycles. The lowest BCUT2D eigenvalue weighted by atomic mass is 9.99. The molecule has 2 amide bonds. The van der Waals surface area contributed by atoms with Crippen LogP contribution in [0.15, 0.2) is 24.7 Å². The molecular formula is C21H20ClF3N8O. The van der Waals surface area contributed by atoms with Crippen LogP contribution in [0, 0.1) is 0 Å². The third-order valence-electron chi connectivity index (χ3n) is 5.88. The van der Waals surface area contributed by atoms with Gasteiger partial charge in [0, 0.05) is 29.4 Å². The topological polar surface area (TPSA) is 118 Å². The maximum Gasteiger partial charge on any atom is 0.405 e. The van der Waals surface area contributed by atoms with E-state index in [2.05, 4.69) is 19.9 Å². The lowest BCUT2D eigenvalue weighted by molar-refractivity contribution is -0.123. The molecule has 0 fully saturated rings. The summed E-state index contributed by atoms with van der Waals surface area (Å²) in [6.07, 6.45) is -1.54. The highest BCUT2D eigenvalue weighted by Gasteiger charge is 2.40. The Bertz CT molecular complexity index is 1440. The molecule has 4 aromatic heterocycles. The molecule has 4 aromatic rings. The van der Waals surface area contributed by atoms with Gasteiger partial charge >= 0.3 is 12.2 Å². The molecule has 9 nitrogen and oxygen atoms in total. The van der Waals surface area contributed by atoms with Crippen molar-refractivity contribution in [3.63, 3.8) is 0 Å². The zero-order valence-electron chi connectivity index (χ0n) is 18.2. The number of nitrogens with zero attached hydrogens (tertiary/aromatic N) is 5. The molecule has 0 saturated heterocycles. The van der Waals surface area contributed by atoms with Gasteiger partial charge in [0.15, 0.2) is 0 Å². The number of H-pyrrole nitrogens is 1. The first kappa shape index (κ1) is 22.3. The minimum absolute atomic E-state index is 0.0113. The average Bonchev–Trinajstić information content (AvgIpc) is 3.27. The predicted molar refractivity (Wildman–Crippen MR) is 121 cm³/mol. The Morgan fingerprint density at radius 1 is 1.32 bits per heavy atom. The predicted octanol–water partition coefficient (Wildman–Crippen LogP) is 4.03. The molecule has 0 radical (unpaired) electrons. The summed E-state index contributed by atoms with van der Waals surface area (Å²) in [5.41, 5.74) is 8.37. The number of carbonyl (C=O) groups excluding carboxylic acids is 1. The first-order valence-electron chi connectivity index (χ1n) is 10.3. The van der Waals surface area contributed by atoms with Gasteiger partial charge in [-0.15, -0.1) is 0 Å². The maximum atomic E-state index is 12.7. The molecule has 5 heterocycles. The second-order valence-electron chi connectivity index (χ2n) is 8.77. The number of alkyl halides is 3. The molecule has 1 aliphatic heterocycles. The molecule has 5 rings (SSSR count). The van der Waals surface area contributed by atoms with Gasteiger partial charge < -0.3 is 25.5 Å². The van der Waals surface area contributed by atoms with Crippen LogP contribution in [0.2, 0.25) is 5.02 Å². The number of nitrogens with one attached hydrogen (secondary N) is 2. The van der Waals surface area contributed by atoms with E-state index < -0.39 is 24.3 Å². The molecule has 0 atom stereocenters. The van der Waals surface area contributed by atoms with E-state index >= 15 is 0 Å². The second kappa shape index (κ2) is 7.49. The van der Waals surface area contributed by atoms with Crippen molar-refractivity contribution in [2.75, 3.05) is 18.8 Å². The van der Waals surface area contributed by atoms with Crippen molar-refractivity contribution in [1.82, 2.24) is 34.7 Å². The lowest BCUT2D eigenvalue weighted by Gasteiger charge is -2.41. The maximum absolute atomic E-state index is 12.7. The summed E-state index contributed by atoms with van der Waals surface area (Å²) in [5, 5.41) is 3.59. The fourth-order valence-electron chi connectivity index (χ4n) is 4.62. The summed E-state index contributed by atoms with van der Waals surface area (Å²) in [7, 11) is 0. The van der Waals surface area contributed by atoms with Crippen LogP contribution in [-0.4, -0.2) is 54.7 Å². The highest BCUT2D eigenvalue weighted by atomic mass is 35.5. The Kier molecular flexibility index (Phi) is 4.90. The van der Waals surface area contributed by atoms with Gasteiger partial charge in [0.1, 0.15) is 30.0 Å². The quantitative estimate of drug-likeness (QED) is 0.390. The van der Waals surface area contributed by atoms with Crippen LogP contribution in [0.3, 0.4) is 0 Å². The summed E-state index contributed by atoms with van der Waals surface area (Å²) in [4.78, 5) is 30.1. The zero-order chi connectivity index (χ0) is 24.4. The summed E-state index contributed by atoms with van der Waals surface area (Å²) in [5.74, 6) is 0.216. The molecule has 1 aliphatic rings. The molecule has 34 heavy (non-hydrogen) atoms. The van der Waals surface area contributed by atoms with Crippen LogP contribution in [0.4, 0.5) is 23.8 Å². The number of hydrogen-bond donors (Lipinski definition) is 3. The fourth-order valence-corrected chi connectivity index (χ4v) is 4.92. The van der Waals surface area contributed by atoms with E-state index in [1.165, 1.54) is 11.2 Å². The van der Waals surface area contributed by atoms with Crippen LogP contribution in [0.5, 0.6) is 0 Å². The summed E-state index contributed by atoms with van der Waals surface area (Å²) in [6, 6.07) is 2.75. The molecule has 0 spiro atoms. The molecule has 0 aromatic carbocycles. The Balaban J connectivity index is 1.72. The Morgan fingerprint density at radius 2 is 2.09 bits per heavy atom. The summed E-state index contributed by atoms with van der Waals surface area (Å²) < 4.78 is 40.0. The Morgan fingerprint density at radius 3 is 2.79 bits per heavy atom. The standard InChI is InChI=1S/C21H20ClF3N8O/c1-20(2)8-32(19(34)28-7-21(23,24)25)6-11-12(13-16(26)29-9-30-18(13)33(11)20)15-14(22)10-4-3-5-27-17(10)31-15/h3-5,9H,6-8H2,1-2H3,(H,27,31)(H,28,34)(H2,26,29,30). The van der Waals surface area contributed by atoms with Gasteiger partial charge in [-0.3, -0.25) is 0 Å². The average molecular weight is 493 g/mol. The number of hydrogen-bond acceptors (Lipinski definition) is 5. The minimum atomic E-state index is -4.52. The van der Waals surface area contributed by atoms with Gasteiger partial charge in [0.25, 0.3) is 0 Å². The number of halogens is 4. The third-order valence-corrected chi connectivity index (χ3v) is 6.28. The van der Waals surface area contributed by atoms with Gasteiger partial charge in [-0.25, -0.2) is 19.7 Å². The normalized spacial score (nSPS) is 15.6. The van der Waals surface area contributed by atoms with Gasteiger partial charge in [-0.1, -0.05) is 11.6 Å². The minimum Gasteiger partial charge on any atom is -0.383 e. The van der Waals surface area contributed by atoms with Crippen LogP contribution >= 0.6 is 11.6 Å². The van der Waals surface area contributed by atoms with Crippen molar-refractivity contribution in [2.45, 2.75) is 32.1 Å². The van der Waals surface area contributed by atoms with E-state index in [-0.39, 0.29) is 18.9 Å². The monoisotopic (exact) mass is 492 g/mol. The van der Waals surface area contributed by atoms with E-state index in [9.17, 15) is 18.0 Å². The first-order valence-corrected chi connectivity index (χ1v) is 10.7. The highest BCUT2D eigenvalue weighted by Crippen LogP contribution is 2.45. The molecule has 0 saturated carbocycles. The first-order chi connectivity index (χ1) is 16.0. The second-order valence-corrected chi connectivity index (χ2v) is 9.15. The molecular weight excluding hydrogens is 473 g/mol. The SMILES string of the molecule is CC1(C)CN(C(=O)NCC(F)(F)F)Cc2c(-c3[nH]c4ncccc4c3Cl)c3c(N)ncnc3n21. The van der Waals surface area contributed by atoms with Crippen LogP contribution in [0.25, 0.3) is 33.3 Å². The number of aromatic amines is 1. The number of anilines is 1. The van der Waals surface area contributed by atoms with Gasteiger partial charge in [-0.05, 0) is 26.0 Å². The number of aromatic nitrogens is 5. The van der Waals surface area contributed by atoms with Crippen molar-refractivity contribution in [3.8, 4) is 11.3 Å².